The minimum absolute atomic E-state index is 0.0103. The molecule has 0 aliphatic carbocycles. The Morgan fingerprint density at radius 3 is 3.30 bits per heavy atom. The first-order valence-electron chi connectivity index (χ1n) is 7.05. The fourth-order valence-electron chi connectivity index (χ4n) is 2.90. The molecular weight excluding hydrogens is 258 g/mol. The minimum Gasteiger partial charge on any atom is -0.373 e. The van der Waals surface area contributed by atoms with Gasteiger partial charge in [-0.1, -0.05) is 0 Å². The summed E-state index contributed by atoms with van der Waals surface area (Å²) in [6.45, 7) is 3.16. The van der Waals surface area contributed by atoms with Gasteiger partial charge in [0.25, 0.3) is 5.91 Å². The van der Waals surface area contributed by atoms with Crippen molar-refractivity contribution in [3.8, 4) is 0 Å². The molecule has 3 heterocycles. The maximum absolute atomic E-state index is 11.9. The number of aromatic nitrogens is 1. The lowest BCUT2D eigenvalue weighted by Crippen LogP contribution is -2.50. The van der Waals surface area contributed by atoms with Crippen LogP contribution in [0.25, 0.3) is 0 Å². The molecule has 6 nitrogen and oxygen atoms in total. The summed E-state index contributed by atoms with van der Waals surface area (Å²) in [7, 11) is 0. The largest absolute Gasteiger partial charge is 0.373 e. The topological polar surface area (TPSA) is 74.4 Å². The smallest absolute Gasteiger partial charge is 0.256 e. The number of carbonyl (C=O) groups is 1. The van der Waals surface area contributed by atoms with E-state index in [2.05, 4.69) is 15.2 Å². The van der Waals surface area contributed by atoms with Crippen molar-refractivity contribution in [1.82, 2.24) is 15.2 Å². The standard InChI is InChI=1S/C14H19N3O3/c18-13-3-4-15-7-12(13)14(19)16-6-11-8-17-5-1-2-10(17)9-20-11/h3-4,7,10-11H,1-2,5-6,8-9H2,(H,15,18)(H,16,19). The van der Waals surface area contributed by atoms with Gasteiger partial charge in [-0.3, -0.25) is 14.5 Å². The van der Waals surface area contributed by atoms with Crippen molar-refractivity contribution < 1.29 is 9.53 Å². The van der Waals surface area contributed by atoms with Crippen LogP contribution in [0.2, 0.25) is 0 Å². The van der Waals surface area contributed by atoms with Crippen molar-refractivity contribution in [3.63, 3.8) is 0 Å². The molecule has 20 heavy (non-hydrogen) atoms. The summed E-state index contributed by atoms with van der Waals surface area (Å²) in [6.07, 6.45) is 5.38. The third-order valence-corrected chi connectivity index (χ3v) is 4.02. The molecule has 0 spiro atoms. The lowest BCUT2D eigenvalue weighted by Gasteiger charge is -2.35. The molecule has 2 unspecified atom stereocenters. The number of hydrogen-bond donors (Lipinski definition) is 2. The van der Waals surface area contributed by atoms with E-state index in [1.165, 1.54) is 31.3 Å². The van der Waals surface area contributed by atoms with Gasteiger partial charge in [-0.05, 0) is 19.4 Å². The first-order valence-corrected chi connectivity index (χ1v) is 7.05. The van der Waals surface area contributed by atoms with E-state index in [0.717, 1.165) is 19.7 Å². The molecule has 0 bridgehead atoms. The number of nitrogens with one attached hydrogen (secondary N) is 2. The lowest BCUT2D eigenvalue weighted by molar-refractivity contribution is -0.0461. The predicted octanol–water partition coefficient (Wildman–Crippen LogP) is -0.0321. The van der Waals surface area contributed by atoms with E-state index in [1.54, 1.807) is 0 Å². The van der Waals surface area contributed by atoms with E-state index >= 15 is 0 Å². The molecule has 0 radical (unpaired) electrons. The van der Waals surface area contributed by atoms with Crippen LogP contribution in [0.4, 0.5) is 0 Å². The van der Waals surface area contributed by atoms with Crippen LogP contribution in [-0.4, -0.2) is 54.2 Å². The number of H-pyrrole nitrogens is 1. The molecular formula is C14H19N3O3. The van der Waals surface area contributed by atoms with Crippen molar-refractivity contribution in [2.45, 2.75) is 25.0 Å². The predicted molar refractivity (Wildman–Crippen MR) is 73.7 cm³/mol. The lowest BCUT2D eigenvalue weighted by atomic mass is 10.2. The van der Waals surface area contributed by atoms with Gasteiger partial charge >= 0.3 is 0 Å². The van der Waals surface area contributed by atoms with Crippen LogP contribution in [0.3, 0.4) is 0 Å². The Bertz CT molecular complexity index is 542. The summed E-state index contributed by atoms with van der Waals surface area (Å²) in [4.78, 5) is 28.7. The second-order valence-electron chi connectivity index (χ2n) is 5.38. The monoisotopic (exact) mass is 277 g/mol. The molecule has 2 saturated heterocycles. The molecule has 6 heteroatoms. The molecule has 2 atom stereocenters. The van der Waals surface area contributed by atoms with Crippen molar-refractivity contribution in [2.24, 2.45) is 0 Å². The van der Waals surface area contributed by atoms with E-state index in [4.69, 9.17) is 4.74 Å². The molecule has 2 aliphatic heterocycles. The average Bonchev–Trinajstić information content (AvgIpc) is 2.92. The van der Waals surface area contributed by atoms with Crippen LogP contribution in [-0.2, 0) is 4.74 Å². The second-order valence-corrected chi connectivity index (χ2v) is 5.38. The van der Waals surface area contributed by atoms with Crippen LogP contribution in [0.15, 0.2) is 23.3 Å². The molecule has 108 valence electrons. The number of amides is 1. The van der Waals surface area contributed by atoms with E-state index in [1.807, 2.05) is 0 Å². The highest BCUT2D eigenvalue weighted by Gasteiger charge is 2.32. The molecule has 1 amide bonds. The summed E-state index contributed by atoms with van der Waals surface area (Å²) in [5.74, 6) is -0.348. The normalized spacial score (nSPS) is 26.2. The number of fused-ring (bicyclic) bond motifs is 1. The van der Waals surface area contributed by atoms with E-state index < -0.39 is 0 Å². The van der Waals surface area contributed by atoms with Gasteiger partial charge < -0.3 is 15.0 Å². The average molecular weight is 277 g/mol. The van der Waals surface area contributed by atoms with Gasteiger partial charge in [0.15, 0.2) is 5.43 Å². The van der Waals surface area contributed by atoms with Crippen LogP contribution < -0.4 is 10.7 Å². The zero-order valence-electron chi connectivity index (χ0n) is 11.3. The molecule has 2 aliphatic rings. The number of ether oxygens (including phenoxy) is 1. The quantitative estimate of drug-likeness (QED) is 0.813. The molecule has 3 rings (SSSR count). The fraction of sp³-hybridized carbons (Fsp3) is 0.571. The Kier molecular flexibility index (Phi) is 3.84. The Morgan fingerprint density at radius 2 is 2.45 bits per heavy atom. The van der Waals surface area contributed by atoms with E-state index in [9.17, 15) is 9.59 Å². The van der Waals surface area contributed by atoms with Gasteiger partial charge in [-0.15, -0.1) is 0 Å². The Hall–Kier alpha value is -1.66. The summed E-state index contributed by atoms with van der Waals surface area (Å²) in [5.41, 5.74) is -0.132. The SMILES string of the molecule is O=C(NCC1CN2CCCC2CO1)c1c[nH]ccc1=O. The summed E-state index contributed by atoms with van der Waals surface area (Å²) in [5, 5.41) is 2.78. The highest BCUT2D eigenvalue weighted by Crippen LogP contribution is 2.22. The highest BCUT2D eigenvalue weighted by atomic mass is 16.5. The molecule has 2 N–H and O–H groups in total. The minimum atomic E-state index is -0.348. The van der Waals surface area contributed by atoms with Crippen LogP contribution in [0.5, 0.6) is 0 Å². The van der Waals surface area contributed by atoms with Gasteiger partial charge in [-0.25, -0.2) is 0 Å². The van der Waals surface area contributed by atoms with Gasteiger partial charge in [-0.2, -0.15) is 0 Å². The fourth-order valence-corrected chi connectivity index (χ4v) is 2.90. The number of rotatable bonds is 3. The van der Waals surface area contributed by atoms with Gasteiger partial charge in [0, 0.05) is 37.6 Å². The molecule has 1 aromatic heterocycles. The third-order valence-electron chi connectivity index (χ3n) is 4.02. The molecule has 0 aromatic carbocycles. The van der Waals surface area contributed by atoms with Gasteiger partial charge in [0.2, 0.25) is 0 Å². The third kappa shape index (κ3) is 2.76. The van der Waals surface area contributed by atoms with Crippen LogP contribution >= 0.6 is 0 Å². The second kappa shape index (κ2) is 5.76. The number of hydrogen-bond acceptors (Lipinski definition) is 4. The number of nitrogens with zero attached hydrogens (tertiary/aromatic N) is 1. The Balaban J connectivity index is 1.53. The Labute approximate surface area is 117 Å². The summed E-state index contributed by atoms with van der Waals surface area (Å²) >= 11 is 0. The number of aromatic amines is 1. The van der Waals surface area contributed by atoms with E-state index in [0.29, 0.717) is 12.6 Å². The van der Waals surface area contributed by atoms with Gasteiger partial charge in [0.1, 0.15) is 5.56 Å². The molecule has 1 aromatic rings. The first-order chi connectivity index (χ1) is 9.74. The van der Waals surface area contributed by atoms with Crippen LogP contribution in [0, 0.1) is 0 Å². The zero-order valence-corrected chi connectivity index (χ0v) is 11.3. The molecule has 0 saturated carbocycles. The van der Waals surface area contributed by atoms with Gasteiger partial charge in [0.05, 0.1) is 12.7 Å². The van der Waals surface area contributed by atoms with Crippen LogP contribution in [0.1, 0.15) is 23.2 Å². The van der Waals surface area contributed by atoms with Crippen molar-refractivity contribution in [2.75, 3.05) is 26.2 Å². The highest BCUT2D eigenvalue weighted by molar-refractivity contribution is 5.93. The van der Waals surface area contributed by atoms with Crippen molar-refractivity contribution in [1.29, 1.82) is 0 Å². The van der Waals surface area contributed by atoms with Crippen molar-refractivity contribution in [3.05, 3.63) is 34.2 Å². The zero-order chi connectivity index (χ0) is 13.9. The maximum Gasteiger partial charge on any atom is 0.256 e. The number of pyridine rings is 1. The summed E-state index contributed by atoms with van der Waals surface area (Å²) in [6, 6.07) is 1.90. The summed E-state index contributed by atoms with van der Waals surface area (Å²) < 4.78 is 5.77. The number of carbonyl (C=O) groups excluding carboxylic acids is 1. The maximum atomic E-state index is 11.9. The first kappa shape index (κ1) is 13.3. The molecule has 2 fully saturated rings. The van der Waals surface area contributed by atoms with Crippen molar-refractivity contribution >= 4 is 5.91 Å². The van der Waals surface area contributed by atoms with E-state index in [-0.39, 0.29) is 23.0 Å². The Morgan fingerprint density at radius 1 is 1.55 bits per heavy atom. The number of morpholine rings is 1.